The lowest BCUT2D eigenvalue weighted by Crippen LogP contribution is -1.95. The summed E-state index contributed by atoms with van der Waals surface area (Å²) >= 11 is 0. The highest BCUT2D eigenvalue weighted by molar-refractivity contribution is 5.73. The molecule has 0 aliphatic rings. The number of hydrogen-bond acceptors (Lipinski definition) is 2. The third-order valence-corrected chi connectivity index (χ3v) is 1.47. The van der Waals surface area contributed by atoms with Gasteiger partial charge in [-0.05, 0) is 18.6 Å². The molecule has 0 fully saturated rings. The number of carbonyl (C=O) groups is 1. The Morgan fingerprint density at radius 3 is 3.17 bits per heavy atom. The second-order valence-corrected chi connectivity index (χ2v) is 2.53. The Morgan fingerprint density at radius 1 is 1.67 bits per heavy atom. The second kappa shape index (κ2) is 4.49. The van der Waals surface area contributed by atoms with Crippen LogP contribution in [0.1, 0.15) is 18.9 Å². The molecule has 0 aliphatic heterocycles. The van der Waals surface area contributed by atoms with Gasteiger partial charge in [0.15, 0.2) is 0 Å². The van der Waals surface area contributed by atoms with E-state index in [1.54, 1.807) is 12.3 Å². The summed E-state index contributed by atoms with van der Waals surface area (Å²) in [5.41, 5.74) is 0.968. The molecule has 1 aromatic rings. The molecule has 0 N–H and O–H groups in total. The number of aromatic nitrogens is 2. The van der Waals surface area contributed by atoms with E-state index in [0.717, 1.165) is 24.8 Å². The third-order valence-electron chi connectivity index (χ3n) is 1.47. The van der Waals surface area contributed by atoms with Crippen LogP contribution in [-0.4, -0.2) is 16.1 Å². The van der Waals surface area contributed by atoms with E-state index in [1.165, 1.54) is 6.08 Å². The van der Waals surface area contributed by atoms with Crippen LogP contribution < -0.4 is 0 Å². The van der Waals surface area contributed by atoms with Gasteiger partial charge in [-0.3, -0.25) is 9.48 Å². The van der Waals surface area contributed by atoms with Gasteiger partial charge in [0.25, 0.3) is 0 Å². The van der Waals surface area contributed by atoms with Crippen molar-refractivity contribution < 1.29 is 4.79 Å². The van der Waals surface area contributed by atoms with Crippen molar-refractivity contribution in [2.45, 2.75) is 19.9 Å². The topological polar surface area (TPSA) is 34.9 Å². The van der Waals surface area contributed by atoms with Gasteiger partial charge in [-0.25, -0.2) is 0 Å². The molecule has 0 saturated heterocycles. The van der Waals surface area contributed by atoms with Crippen molar-refractivity contribution in [3.05, 3.63) is 24.0 Å². The number of hydrogen-bond donors (Lipinski definition) is 0. The van der Waals surface area contributed by atoms with Gasteiger partial charge in [0.05, 0.1) is 6.20 Å². The fourth-order valence-electron chi connectivity index (χ4n) is 0.967. The van der Waals surface area contributed by atoms with Crippen LogP contribution in [0.3, 0.4) is 0 Å². The maximum absolute atomic E-state index is 10.00. The SMILES string of the molecule is CCCn1cc(/C=C/C=O)cn1. The first-order valence-electron chi connectivity index (χ1n) is 4.01. The summed E-state index contributed by atoms with van der Waals surface area (Å²) in [6, 6.07) is 0. The standard InChI is InChI=1S/C9H12N2O/c1-2-5-11-8-9(7-10-11)4-3-6-12/h3-4,6-8H,2,5H2,1H3/b4-3+. The summed E-state index contributed by atoms with van der Waals surface area (Å²) in [4.78, 5) is 10.00. The first-order chi connectivity index (χ1) is 5.86. The van der Waals surface area contributed by atoms with E-state index in [0.29, 0.717) is 0 Å². The fourth-order valence-corrected chi connectivity index (χ4v) is 0.967. The van der Waals surface area contributed by atoms with Crippen LogP contribution in [0.25, 0.3) is 6.08 Å². The summed E-state index contributed by atoms with van der Waals surface area (Å²) in [5, 5.41) is 4.11. The monoisotopic (exact) mass is 164 g/mol. The van der Waals surface area contributed by atoms with Crippen LogP contribution in [0.4, 0.5) is 0 Å². The van der Waals surface area contributed by atoms with E-state index in [4.69, 9.17) is 0 Å². The molecular weight excluding hydrogens is 152 g/mol. The van der Waals surface area contributed by atoms with E-state index in [1.807, 2.05) is 10.9 Å². The predicted octanol–water partition coefficient (Wildman–Crippen LogP) is 1.51. The number of carbonyl (C=O) groups excluding carboxylic acids is 1. The van der Waals surface area contributed by atoms with Crippen LogP contribution in [0.5, 0.6) is 0 Å². The van der Waals surface area contributed by atoms with Crippen LogP contribution >= 0.6 is 0 Å². The summed E-state index contributed by atoms with van der Waals surface area (Å²) in [6.45, 7) is 3.03. The van der Waals surface area contributed by atoms with Crippen molar-refractivity contribution >= 4 is 12.4 Å². The van der Waals surface area contributed by atoms with Gasteiger partial charge in [-0.15, -0.1) is 0 Å². The zero-order valence-electron chi connectivity index (χ0n) is 7.10. The Bertz CT molecular complexity index is 276. The van der Waals surface area contributed by atoms with Crippen LogP contribution in [-0.2, 0) is 11.3 Å². The Labute approximate surface area is 71.7 Å². The Balaban J connectivity index is 2.63. The maximum Gasteiger partial charge on any atom is 0.142 e. The molecule has 0 amide bonds. The first kappa shape index (κ1) is 8.71. The smallest absolute Gasteiger partial charge is 0.142 e. The van der Waals surface area contributed by atoms with E-state index < -0.39 is 0 Å². The van der Waals surface area contributed by atoms with E-state index in [9.17, 15) is 4.79 Å². The van der Waals surface area contributed by atoms with Gasteiger partial charge in [-0.1, -0.05) is 6.92 Å². The summed E-state index contributed by atoms with van der Waals surface area (Å²) in [7, 11) is 0. The average molecular weight is 164 g/mol. The fraction of sp³-hybridized carbons (Fsp3) is 0.333. The molecule has 1 heterocycles. The number of rotatable bonds is 4. The molecule has 0 radical (unpaired) electrons. The molecular formula is C9H12N2O. The molecule has 0 aromatic carbocycles. The normalized spacial score (nSPS) is 10.8. The second-order valence-electron chi connectivity index (χ2n) is 2.53. The van der Waals surface area contributed by atoms with Gasteiger partial charge in [0.1, 0.15) is 6.29 Å². The molecule has 0 atom stereocenters. The largest absolute Gasteiger partial charge is 0.299 e. The van der Waals surface area contributed by atoms with Crippen LogP contribution in [0.2, 0.25) is 0 Å². The lowest BCUT2D eigenvalue weighted by Gasteiger charge is -1.93. The summed E-state index contributed by atoms with van der Waals surface area (Å²) in [6.07, 6.45) is 8.70. The first-order valence-corrected chi connectivity index (χ1v) is 4.01. The average Bonchev–Trinajstić information content (AvgIpc) is 2.50. The molecule has 64 valence electrons. The number of allylic oxidation sites excluding steroid dienone is 1. The molecule has 0 saturated carbocycles. The zero-order chi connectivity index (χ0) is 8.81. The minimum atomic E-state index is 0.761. The highest BCUT2D eigenvalue weighted by atomic mass is 16.1. The van der Waals surface area contributed by atoms with Crippen molar-refractivity contribution in [2.75, 3.05) is 0 Å². The van der Waals surface area contributed by atoms with Crippen LogP contribution in [0, 0.1) is 0 Å². The minimum absolute atomic E-state index is 0.761. The predicted molar refractivity (Wildman–Crippen MR) is 47.6 cm³/mol. The molecule has 0 unspecified atom stereocenters. The maximum atomic E-state index is 10.00. The van der Waals surface area contributed by atoms with Gasteiger partial charge < -0.3 is 0 Å². The third kappa shape index (κ3) is 2.34. The van der Waals surface area contributed by atoms with E-state index in [2.05, 4.69) is 12.0 Å². The molecule has 0 bridgehead atoms. The number of aryl methyl sites for hydroxylation is 1. The van der Waals surface area contributed by atoms with E-state index in [-0.39, 0.29) is 0 Å². The Kier molecular flexibility index (Phi) is 3.26. The van der Waals surface area contributed by atoms with Crippen molar-refractivity contribution in [2.24, 2.45) is 0 Å². The van der Waals surface area contributed by atoms with Gasteiger partial charge >= 0.3 is 0 Å². The molecule has 3 heteroatoms. The van der Waals surface area contributed by atoms with Gasteiger partial charge in [0, 0.05) is 18.3 Å². The van der Waals surface area contributed by atoms with Gasteiger partial charge in [-0.2, -0.15) is 5.10 Å². The summed E-state index contributed by atoms with van der Waals surface area (Å²) in [5.74, 6) is 0. The number of nitrogens with zero attached hydrogens (tertiary/aromatic N) is 2. The van der Waals surface area contributed by atoms with Crippen molar-refractivity contribution in [1.29, 1.82) is 0 Å². The lowest BCUT2D eigenvalue weighted by atomic mass is 10.3. The molecule has 12 heavy (non-hydrogen) atoms. The molecule has 0 spiro atoms. The van der Waals surface area contributed by atoms with Gasteiger partial charge in [0.2, 0.25) is 0 Å². The highest BCUT2D eigenvalue weighted by Gasteiger charge is 1.92. The lowest BCUT2D eigenvalue weighted by molar-refractivity contribution is -0.104. The van der Waals surface area contributed by atoms with Crippen molar-refractivity contribution in [3.63, 3.8) is 0 Å². The van der Waals surface area contributed by atoms with Crippen LogP contribution in [0.15, 0.2) is 18.5 Å². The quantitative estimate of drug-likeness (QED) is 0.499. The van der Waals surface area contributed by atoms with Crippen molar-refractivity contribution in [1.82, 2.24) is 9.78 Å². The molecule has 3 nitrogen and oxygen atoms in total. The van der Waals surface area contributed by atoms with E-state index >= 15 is 0 Å². The minimum Gasteiger partial charge on any atom is -0.299 e. The Hall–Kier alpha value is -1.38. The number of aldehydes is 1. The molecule has 1 rings (SSSR count). The summed E-state index contributed by atoms with van der Waals surface area (Å²) < 4.78 is 1.87. The van der Waals surface area contributed by atoms with Crippen molar-refractivity contribution in [3.8, 4) is 0 Å². The Morgan fingerprint density at radius 2 is 2.50 bits per heavy atom. The zero-order valence-corrected chi connectivity index (χ0v) is 7.10. The molecule has 1 aromatic heterocycles. The highest BCUT2D eigenvalue weighted by Crippen LogP contribution is 2.00. The molecule has 0 aliphatic carbocycles.